The molecule has 2 fully saturated rings. The van der Waals surface area contributed by atoms with Gasteiger partial charge in [-0.25, -0.2) is 19.6 Å². The highest BCUT2D eigenvalue weighted by Crippen LogP contribution is 2.35. The van der Waals surface area contributed by atoms with Crippen LogP contribution >= 0.6 is 0 Å². The Balaban J connectivity index is 1.21. The van der Waals surface area contributed by atoms with E-state index in [1.54, 1.807) is 22.2 Å². The molecule has 0 aliphatic carbocycles. The normalized spacial score (nSPS) is 17.4. The molecule has 5 atom stereocenters. The van der Waals surface area contributed by atoms with E-state index in [-0.39, 0.29) is 41.8 Å². The number of hydrogen-bond donors (Lipinski definition) is 4. The molecule has 0 unspecified atom stereocenters. The van der Waals surface area contributed by atoms with Crippen molar-refractivity contribution >= 4 is 24.0 Å². The quantitative estimate of drug-likeness (QED) is 0.117. The molecule has 4 amide bonds. The van der Waals surface area contributed by atoms with Crippen LogP contribution < -0.4 is 15.4 Å². The van der Waals surface area contributed by atoms with Crippen LogP contribution in [0, 0.1) is 35.5 Å². The van der Waals surface area contributed by atoms with Crippen molar-refractivity contribution in [3.8, 4) is 40.7 Å². The van der Waals surface area contributed by atoms with Crippen molar-refractivity contribution in [1.29, 1.82) is 0 Å². The maximum absolute atomic E-state index is 13.7. The van der Waals surface area contributed by atoms with E-state index in [0.717, 1.165) is 42.5 Å². The molecule has 0 bridgehead atoms. The third-order valence-electron chi connectivity index (χ3n) is 11.0. The summed E-state index contributed by atoms with van der Waals surface area (Å²) in [5, 5.41) is 5.36. The summed E-state index contributed by atoms with van der Waals surface area (Å²) in [7, 11) is 2.55. The summed E-state index contributed by atoms with van der Waals surface area (Å²) < 4.78 is 16.1. The van der Waals surface area contributed by atoms with Gasteiger partial charge in [-0.15, -0.1) is 0 Å². The van der Waals surface area contributed by atoms with Crippen LogP contribution in [0.1, 0.15) is 107 Å². The van der Waals surface area contributed by atoms with E-state index < -0.39 is 24.3 Å². The molecule has 0 saturated carbocycles. The van der Waals surface area contributed by atoms with Crippen LogP contribution in [-0.4, -0.2) is 93.1 Å². The maximum atomic E-state index is 13.7. The Kier molecular flexibility index (Phi) is 14.4. The van der Waals surface area contributed by atoms with Crippen molar-refractivity contribution in [2.24, 2.45) is 11.8 Å². The van der Waals surface area contributed by atoms with Gasteiger partial charge in [0.25, 0.3) is 0 Å². The largest absolute Gasteiger partial charge is 0.485 e. The molecule has 15 heteroatoms. The second-order valence-corrected chi connectivity index (χ2v) is 15.8. The van der Waals surface area contributed by atoms with Crippen LogP contribution in [0.4, 0.5) is 9.59 Å². The third-order valence-corrected chi connectivity index (χ3v) is 11.0. The van der Waals surface area contributed by atoms with E-state index in [1.165, 1.54) is 14.2 Å². The number of alkyl carbamates (subject to hydrolysis) is 2. The molecule has 320 valence electrons. The lowest BCUT2D eigenvalue weighted by Gasteiger charge is -2.30. The van der Waals surface area contributed by atoms with Gasteiger partial charge >= 0.3 is 12.2 Å². The van der Waals surface area contributed by atoms with Crippen LogP contribution in [0.3, 0.4) is 0 Å². The summed E-state index contributed by atoms with van der Waals surface area (Å²) in [6.07, 6.45) is 4.85. The van der Waals surface area contributed by atoms with Gasteiger partial charge in [-0.2, -0.15) is 0 Å². The highest BCUT2D eigenvalue weighted by Gasteiger charge is 2.39. The first-order chi connectivity index (χ1) is 29.4. The molecule has 15 nitrogen and oxygen atoms in total. The average Bonchev–Trinajstić information content (AvgIpc) is 4.10. The molecule has 0 spiro atoms. The molecule has 4 N–H and O–H groups in total. The monoisotopic (exact) mass is 830 g/mol. The SMILES string of the molecule is COC(=O)N[C@H](C(=O)N1CCC[C@H]1c1ncc(C#CC#Cc2ccc(-c3cnc([C@@H]4CCCN4C(=O)[C@@H](NC(=O)OC)C(C)C)[nH]3)cc2O[C@H](C)c2ccccc2)[nH]1)C(C)C. The lowest BCUT2D eigenvalue weighted by Crippen LogP contribution is -2.51. The van der Waals surface area contributed by atoms with E-state index >= 15 is 0 Å². The summed E-state index contributed by atoms with van der Waals surface area (Å²) in [5.74, 6) is 13.3. The van der Waals surface area contributed by atoms with Crippen molar-refractivity contribution in [3.63, 3.8) is 0 Å². The summed E-state index contributed by atoms with van der Waals surface area (Å²) in [6, 6.07) is 13.6. The number of carbonyl (C=O) groups excluding carboxylic acids is 4. The number of H-pyrrole nitrogens is 2. The van der Waals surface area contributed by atoms with E-state index in [2.05, 4.69) is 49.3 Å². The Hall–Kier alpha value is -6.74. The van der Waals surface area contributed by atoms with Gasteiger partial charge in [0.15, 0.2) is 0 Å². The van der Waals surface area contributed by atoms with Crippen molar-refractivity contribution in [3.05, 3.63) is 89.4 Å². The fraction of sp³-hybridized carbons (Fsp3) is 0.435. The molecule has 2 aliphatic rings. The Morgan fingerprint density at radius 3 is 1.87 bits per heavy atom. The van der Waals surface area contributed by atoms with E-state index in [1.807, 2.05) is 83.1 Å². The minimum atomic E-state index is -0.730. The highest BCUT2D eigenvalue weighted by molar-refractivity contribution is 5.87. The number of nitrogens with one attached hydrogen (secondary N) is 4. The summed E-state index contributed by atoms with van der Waals surface area (Å²) in [4.78, 5) is 70.7. The van der Waals surface area contributed by atoms with Crippen LogP contribution in [0.5, 0.6) is 5.75 Å². The van der Waals surface area contributed by atoms with Gasteiger partial charge in [-0.1, -0.05) is 64.1 Å². The lowest BCUT2D eigenvalue weighted by atomic mass is 10.0. The zero-order chi connectivity index (χ0) is 43.6. The number of ether oxygens (including phenoxy) is 3. The zero-order valence-electron chi connectivity index (χ0n) is 35.7. The zero-order valence-corrected chi connectivity index (χ0v) is 35.7. The Labute approximate surface area is 356 Å². The van der Waals surface area contributed by atoms with Crippen LogP contribution in [0.25, 0.3) is 11.3 Å². The summed E-state index contributed by atoms with van der Waals surface area (Å²) >= 11 is 0. The number of likely N-dealkylation sites (tertiary alicyclic amines) is 2. The number of amides is 4. The van der Waals surface area contributed by atoms with Gasteiger partial charge in [0.2, 0.25) is 11.8 Å². The van der Waals surface area contributed by atoms with Gasteiger partial charge in [-0.3, -0.25) is 9.59 Å². The number of rotatable bonds is 12. The van der Waals surface area contributed by atoms with Crippen LogP contribution in [0.15, 0.2) is 60.9 Å². The van der Waals surface area contributed by atoms with Crippen molar-refractivity contribution in [1.82, 2.24) is 40.4 Å². The van der Waals surface area contributed by atoms with Gasteiger partial charge in [0, 0.05) is 18.7 Å². The number of hydrogen-bond acceptors (Lipinski definition) is 9. The van der Waals surface area contributed by atoms with Crippen LogP contribution in [0.2, 0.25) is 0 Å². The second-order valence-electron chi connectivity index (χ2n) is 15.8. The summed E-state index contributed by atoms with van der Waals surface area (Å²) in [6.45, 7) is 10.6. The molecule has 61 heavy (non-hydrogen) atoms. The molecule has 4 aromatic rings. The standard InChI is InChI=1S/C46H54N8O7/c1-28(2)39(51-45(57)59-6)43(55)53-23-13-19-36(53)41-47-26-34(49-41)18-12-11-17-32-21-22-33(25-38(32)61-30(5)31-15-9-8-10-16-31)35-27-48-42(50-35)37-20-14-24-54(37)44(56)40(29(3)4)52-46(58)60-7/h8-10,15-16,21-22,25-30,36-37,39-40H,13-14,19-20,23-24H2,1-7H3,(H,47,49)(H,48,50)(H,51,57)(H,52,58)/t30-,36+,37+,39+,40+/m1/s1. The molecule has 0 radical (unpaired) electrons. The fourth-order valence-electron chi connectivity index (χ4n) is 7.68. The molecule has 2 aromatic carbocycles. The molecule has 2 aliphatic heterocycles. The second kappa shape index (κ2) is 20.0. The molecule has 2 saturated heterocycles. The third kappa shape index (κ3) is 10.5. The first-order valence-electron chi connectivity index (χ1n) is 20.7. The van der Waals surface area contributed by atoms with E-state index in [0.29, 0.717) is 41.7 Å². The molecule has 4 heterocycles. The Morgan fingerprint density at radius 1 is 0.738 bits per heavy atom. The molecule has 6 rings (SSSR count). The number of benzene rings is 2. The molecular weight excluding hydrogens is 777 g/mol. The number of imidazole rings is 2. The smallest absolute Gasteiger partial charge is 0.407 e. The number of carbonyl (C=O) groups is 4. The van der Waals surface area contributed by atoms with E-state index in [9.17, 15) is 19.2 Å². The average molecular weight is 831 g/mol. The number of methoxy groups -OCH3 is 2. The van der Waals surface area contributed by atoms with E-state index in [4.69, 9.17) is 19.2 Å². The number of aromatic nitrogens is 4. The van der Waals surface area contributed by atoms with Gasteiger partial charge in [-0.05, 0) is 85.8 Å². The minimum absolute atomic E-state index is 0.138. The molecule has 2 aromatic heterocycles. The van der Waals surface area contributed by atoms with Gasteiger partial charge < -0.3 is 44.6 Å². The fourth-order valence-corrected chi connectivity index (χ4v) is 7.68. The maximum Gasteiger partial charge on any atom is 0.407 e. The van der Waals surface area contributed by atoms with Crippen LogP contribution in [-0.2, 0) is 19.1 Å². The Morgan fingerprint density at radius 2 is 1.30 bits per heavy atom. The first-order valence-corrected chi connectivity index (χ1v) is 20.7. The van der Waals surface area contributed by atoms with Crippen molar-refractivity contribution in [2.45, 2.75) is 90.6 Å². The summed E-state index contributed by atoms with van der Waals surface area (Å²) in [5.41, 5.74) is 3.75. The molecular formula is C46H54N8O7. The van der Waals surface area contributed by atoms with Crippen molar-refractivity contribution in [2.75, 3.05) is 27.3 Å². The topological polar surface area (TPSA) is 184 Å². The Bertz CT molecular complexity index is 2310. The highest BCUT2D eigenvalue weighted by atomic mass is 16.5. The number of aromatic amines is 2. The minimum Gasteiger partial charge on any atom is -0.485 e. The van der Waals surface area contributed by atoms with Gasteiger partial charge in [0.1, 0.15) is 41.3 Å². The predicted molar refractivity (Wildman–Crippen MR) is 228 cm³/mol. The van der Waals surface area contributed by atoms with Gasteiger partial charge in [0.05, 0.1) is 50.0 Å². The first kappa shape index (κ1) is 43.8. The predicted octanol–water partition coefficient (Wildman–Crippen LogP) is 6.43. The lowest BCUT2D eigenvalue weighted by molar-refractivity contribution is -0.136. The van der Waals surface area contributed by atoms with Crippen molar-refractivity contribution < 1.29 is 33.4 Å². The number of nitrogens with zero attached hydrogens (tertiary/aromatic N) is 4.